The van der Waals surface area contributed by atoms with E-state index in [4.69, 9.17) is 12.2 Å². The Morgan fingerprint density at radius 1 is 1.36 bits per heavy atom. The van der Waals surface area contributed by atoms with Crippen LogP contribution < -0.4 is 5.32 Å². The zero-order valence-corrected chi connectivity index (χ0v) is 9.24. The third kappa shape index (κ3) is 1.55. The predicted octanol–water partition coefficient (Wildman–Crippen LogP) is 2.05. The molecule has 4 heteroatoms. The van der Waals surface area contributed by atoms with E-state index in [1.54, 1.807) is 0 Å². The van der Waals surface area contributed by atoms with E-state index < -0.39 is 4.87 Å². The minimum Gasteiger partial charge on any atom is -0.354 e. The summed E-state index contributed by atoms with van der Waals surface area (Å²) in [5.74, 6) is 0. The molecule has 2 rings (SSSR count). The largest absolute Gasteiger partial charge is 0.354 e. The Bertz CT molecular complexity index is 372. The van der Waals surface area contributed by atoms with Crippen LogP contribution in [0.4, 0.5) is 0 Å². The Labute approximate surface area is 92.1 Å². The highest BCUT2D eigenvalue weighted by molar-refractivity contribution is 8.18. The van der Waals surface area contributed by atoms with Crippen molar-refractivity contribution in [1.82, 2.24) is 5.32 Å². The van der Waals surface area contributed by atoms with Crippen LogP contribution in [0.3, 0.4) is 0 Å². The molecule has 72 valence electrons. The minimum atomic E-state index is -0.393. The number of rotatable bonds is 1. The number of thioether (sulfide) groups is 1. The van der Waals surface area contributed by atoms with Gasteiger partial charge in [0.2, 0.25) is 5.12 Å². The van der Waals surface area contributed by atoms with E-state index in [2.05, 4.69) is 5.32 Å². The molecule has 0 bridgehead atoms. The fourth-order valence-corrected chi connectivity index (χ4v) is 2.73. The van der Waals surface area contributed by atoms with Gasteiger partial charge in [-0.3, -0.25) is 4.79 Å². The first-order valence-corrected chi connectivity index (χ1v) is 5.45. The van der Waals surface area contributed by atoms with Crippen molar-refractivity contribution in [2.75, 3.05) is 0 Å². The molecule has 0 unspecified atom stereocenters. The van der Waals surface area contributed by atoms with Gasteiger partial charge >= 0.3 is 0 Å². The number of nitrogens with one attached hydrogen (secondary N) is 1. The van der Waals surface area contributed by atoms with Crippen molar-refractivity contribution in [3.05, 3.63) is 35.9 Å². The first kappa shape index (κ1) is 9.68. The number of hydrogen-bond donors (Lipinski definition) is 1. The summed E-state index contributed by atoms with van der Waals surface area (Å²) in [6, 6.07) is 9.83. The molecule has 0 aliphatic carbocycles. The van der Waals surface area contributed by atoms with Crippen molar-refractivity contribution >= 4 is 34.1 Å². The smallest absolute Gasteiger partial charge is 0.249 e. The van der Waals surface area contributed by atoms with Gasteiger partial charge in [0.15, 0.2) is 4.99 Å². The van der Waals surface area contributed by atoms with Crippen LogP contribution in [0.1, 0.15) is 12.5 Å². The second-order valence-electron chi connectivity index (χ2n) is 3.24. The summed E-state index contributed by atoms with van der Waals surface area (Å²) in [4.78, 5) is 11.2. The molecule has 1 saturated heterocycles. The molecular formula is C10H9NOS2. The maximum absolute atomic E-state index is 11.3. The van der Waals surface area contributed by atoms with Crippen molar-refractivity contribution in [3.8, 4) is 0 Å². The quantitative estimate of drug-likeness (QED) is 0.738. The van der Waals surface area contributed by atoms with E-state index in [9.17, 15) is 4.79 Å². The number of carbonyl (C=O) groups is 1. The van der Waals surface area contributed by atoms with Crippen molar-refractivity contribution in [1.29, 1.82) is 0 Å². The number of benzene rings is 1. The van der Waals surface area contributed by atoms with Gasteiger partial charge in [0.1, 0.15) is 4.87 Å². The first-order chi connectivity index (χ1) is 6.62. The van der Waals surface area contributed by atoms with E-state index in [0.717, 1.165) is 5.56 Å². The normalized spacial score (nSPS) is 26.4. The van der Waals surface area contributed by atoms with Gasteiger partial charge in [-0.25, -0.2) is 0 Å². The van der Waals surface area contributed by atoms with Gasteiger partial charge in [-0.1, -0.05) is 42.5 Å². The third-order valence-corrected chi connectivity index (χ3v) is 3.71. The topological polar surface area (TPSA) is 29.1 Å². The zero-order chi connectivity index (χ0) is 10.2. The summed E-state index contributed by atoms with van der Waals surface area (Å²) in [6.07, 6.45) is 0. The molecule has 14 heavy (non-hydrogen) atoms. The predicted molar refractivity (Wildman–Crippen MR) is 62.1 cm³/mol. The highest BCUT2D eigenvalue weighted by Gasteiger charge is 2.39. The van der Waals surface area contributed by atoms with Crippen molar-refractivity contribution in [2.45, 2.75) is 11.8 Å². The molecule has 1 fully saturated rings. The maximum Gasteiger partial charge on any atom is 0.249 e. The Morgan fingerprint density at radius 3 is 2.50 bits per heavy atom. The average molecular weight is 223 g/mol. The molecule has 0 saturated carbocycles. The molecule has 1 aliphatic heterocycles. The monoisotopic (exact) mass is 223 g/mol. The van der Waals surface area contributed by atoms with Crippen LogP contribution in [0.25, 0.3) is 0 Å². The lowest BCUT2D eigenvalue weighted by molar-refractivity contribution is -0.105. The second kappa shape index (κ2) is 3.37. The summed E-state index contributed by atoms with van der Waals surface area (Å²) >= 11 is 6.15. The second-order valence-corrected chi connectivity index (χ2v) is 5.04. The number of hydrogen-bond acceptors (Lipinski definition) is 3. The van der Waals surface area contributed by atoms with Crippen LogP contribution in [0, 0.1) is 0 Å². The molecule has 0 radical (unpaired) electrons. The molecule has 1 aromatic rings. The van der Waals surface area contributed by atoms with Crippen molar-refractivity contribution < 1.29 is 4.79 Å². The van der Waals surface area contributed by atoms with Crippen LogP contribution in [0.5, 0.6) is 0 Å². The summed E-state index contributed by atoms with van der Waals surface area (Å²) in [5, 5.41) is 2.99. The van der Waals surface area contributed by atoms with Crippen molar-refractivity contribution in [2.24, 2.45) is 0 Å². The van der Waals surface area contributed by atoms with E-state index >= 15 is 0 Å². The number of carbonyl (C=O) groups excluding carboxylic acids is 1. The fraction of sp³-hybridized carbons (Fsp3) is 0.200. The summed E-state index contributed by atoms with van der Waals surface area (Å²) in [7, 11) is 0. The first-order valence-electron chi connectivity index (χ1n) is 4.23. The average Bonchev–Trinajstić information content (AvgIpc) is 2.44. The van der Waals surface area contributed by atoms with Crippen LogP contribution in [0.15, 0.2) is 30.3 Å². The Morgan fingerprint density at radius 2 is 2.00 bits per heavy atom. The molecule has 1 aliphatic rings. The van der Waals surface area contributed by atoms with Gasteiger partial charge < -0.3 is 5.32 Å². The van der Waals surface area contributed by atoms with E-state index in [1.165, 1.54) is 11.8 Å². The molecule has 1 heterocycles. The molecular weight excluding hydrogens is 214 g/mol. The zero-order valence-electron chi connectivity index (χ0n) is 7.61. The van der Waals surface area contributed by atoms with Crippen LogP contribution in [-0.2, 0) is 9.67 Å². The van der Waals surface area contributed by atoms with Gasteiger partial charge in [-0.05, 0) is 24.2 Å². The summed E-state index contributed by atoms with van der Waals surface area (Å²) in [6.45, 7) is 1.96. The standard InChI is InChI=1S/C10H9NOS2/c1-10(7-5-3-2-4-6-7)11-8(13)9(12)14-10/h2-6H,1H3,(H,11,13)/t10-/m1/s1. The lowest BCUT2D eigenvalue weighted by atomic mass is 10.1. The summed E-state index contributed by atoms with van der Waals surface area (Å²) in [5.41, 5.74) is 1.07. The highest BCUT2D eigenvalue weighted by atomic mass is 32.2. The Hall–Kier alpha value is -0.870. The molecule has 1 aromatic carbocycles. The van der Waals surface area contributed by atoms with Crippen LogP contribution in [0.2, 0.25) is 0 Å². The summed E-state index contributed by atoms with van der Waals surface area (Å²) < 4.78 is 0. The van der Waals surface area contributed by atoms with Crippen molar-refractivity contribution in [3.63, 3.8) is 0 Å². The van der Waals surface area contributed by atoms with Gasteiger partial charge in [0.05, 0.1) is 0 Å². The molecule has 0 aromatic heterocycles. The molecule has 1 N–H and O–H groups in total. The van der Waals surface area contributed by atoms with Gasteiger partial charge in [0.25, 0.3) is 0 Å². The molecule has 1 atom stereocenters. The Balaban J connectivity index is 2.36. The highest BCUT2D eigenvalue weighted by Crippen LogP contribution is 2.38. The van der Waals surface area contributed by atoms with E-state index in [-0.39, 0.29) is 5.12 Å². The van der Waals surface area contributed by atoms with Gasteiger partial charge in [-0.15, -0.1) is 0 Å². The fourth-order valence-electron chi connectivity index (χ4n) is 1.41. The van der Waals surface area contributed by atoms with E-state index in [1.807, 2.05) is 37.3 Å². The molecule has 0 amide bonds. The lowest BCUT2D eigenvalue weighted by Crippen LogP contribution is -2.33. The minimum absolute atomic E-state index is 0.0497. The van der Waals surface area contributed by atoms with Gasteiger partial charge in [-0.2, -0.15) is 0 Å². The van der Waals surface area contributed by atoms with E-state index in [0.29, 0.717) is 4.99 Å². The SMILES string of the molecule is C[C@@]1(c2ccccc2)NC(=S)C(=O)S1. The van der Waals surface area contributed by atoms with Crippen LogP contribution in [-0.4, -0.2) is 10.1 Å². The van der Waals surface area contributed by atoms with Crippen LogP contribution >= 0.6 is 24.0 Å². The Kier molecular flexibility index (Phi) is 2.33. The molecule has 2 nitrogen and oxygen atoms in total. The third-order valence-electron chi connectivity index (χ3n) is 2.16. The van der Waals surface area contributed by atoms with Gasteiger partial charge in [0, 0.05) is 0 Å². The lowest BCUT2D eigenvalue weighted by Gasteiger charge is -2.22. The number of thiocarbonyl (C=S) groups is 1. The maximum atomic E-state index is 11.3. The molecule has 0 spiro atoms.